The van der Waals surface area contributed by atoms with Crippen molar-refractivity contribution in [3.8, 4) is 6.07 Å². The van der Waals surface area contributed by atoms with Crippen LogP contribution in [0.1, 0.15) is 34.7 Å². The fourth-order valence-corrected chi connectivity index (χ4v) is 2.89. The van der Waals surface area contributed by atoms with E-state index in [2.05, 4.69) is 5.32 Å². The number of rotatable bonds is 6. The van der Waals surface area contributed by atoms with Gasteiger partial charge in [0.2, 0.25) is 5.91 Å². The van der Waals surface area contributed by atoms with E-state index in [0.29, 0.717) is 5.56 Å². The number of anilines is 1. The van der Waals surface area contributed by atoms with Crippen LogP contribution in [0, 0.1) is 21.4 Å². The highest BCUT2D eigenvalue weighted by molar-refractivity contribution is 5.88. The molecule has 3 aromatic carbocycles. The predicted octanol–water partition coefficient (Wildman–Crippen LogP) is 5.77. The van der Waals surface area contributed by atoms with E-state index in [4.69, 9.17) is 5.26 Å². The first kappa shape index (κ1) is 21.2. The van der Waals surface area contributed by atoms with Crippen LogP contribution >= 0.6 is 0 Å². The van der Waals surface area contributed by atoms with E-state index in [1.807, 2.05) is 78.9 Å². The average molecular weight is 409 g/mol. The molecule has 1 N–H and O–H groups in total. The van der Waals surface area contributed by atoms with Gasteiger partial charge in [0.25, 0.3) is 5.69 Å². The number of nitrogens with zero attached hydrogens (tertiary/aromatic N) is 2. The van der Waals surface area contributed by atoms with Crippen LogP contribution in [0.4, 0.5) is 11.4 Å². The summed E-state index contributed by atoms with van der Waals surface area (Å²) >= 11 is 0. The molecule has 0 heterocycles. The largest absolute Gasteiger partial charge is 0.326 e. The Balaban J connectivity index is 1.66. The Morgan fingerprint density at radius 3 is 1.77 bits per heavy atom. The van der Waals surface area contributed by atoms with Crippen LogP contribution in [0.15, 0.2) is 66.7 Å². The van der Waals surface area contributed by atoms with E-state index in [9.17, 15) is 14.9 Å². The smallest absolute Gasteiger partial charge is 0.287 e. The number of nitro benzene ring substituents is 1. The third-order valence-electron chi connectivity index (χ3n) is 4.44. The summed E-state index contributed by atoms with van der Waals surface area (Å²) in [6, 6.07) is 21.8. The number of amides is 1. The summed E-state index contributed by atoms with van der Waals surface area (Å²) in [7, 11) is 0. The zero-order valence-corrected chi connectivity index (χ0v) is 16.8. The van der Waals surface area contributed by atoms with Gasteiger partial charge in [0.1, 0.15) is 11.6 Å². The van der Waals surface area contributed by atoms with Crippen molar-refractivity contribution >= 4 is 41.6 Å². The lowest BCUT2D eigenvalue weighted by Crippen LogP contribution is -2.05. The summed E-state index contributed by atoms with van der Waals surface area (Å²) in [5, 5.41) is 22.7. The number of hydrogen-bond acceptors (Lipinski definition) is 4. The van der Waals surface area contributed by atoms with Gasteiger partial charge in [0.15, 0.2) is 0 Å². The molecular weight excluding hydrogens is 390 g/mol. The number of hydrogen-bond donors (Lipinski definition) is 1. The highest BCUT2D eigenvalue weighted by Gasteiger charge is 2.12. The molecule has 0 atom stereocenters. The van der Waals surface area contributed by atoms with Crippen LogP contribution in [0.2, 0.25) is 0 Å². The van der Waals surface area contributed by atoms with Crippen molar-refractivity contribution in [2.45, 2.75) is 6.92 Å². The molecule has 3 aromatic rings. The van der Waals surface area contributed by atoms with Gasteiger partial charge in [0, 0.05) is 18.7 Å². The molecule has 152 valence electrons. The van der Waals surface area contributed by atoms with Gasteiger partial charge < -0.3 is 5.32 Å². The maximum Gasteiger partial charge on any atom is 0.287 e. The van der Waals surface area contributed by atoms with E-state index in [0.717, 1.165) is 22.4 Å². The maximum atomic E-state index is 11.1. The molecule has 6 heteroatoms. The maximum absolute atomic E-state index is 11.1. The zero-order chi connectivity index (χ0) is 22.2. The Kier molecular flexibility index (Phi) is 6.71. The van der Waals surface area contributed by atoms with Crippen molar-refractivity contribution in [3.05, 3.63) is 105 Å². The topological polar surface area (TPSA) is 96.0 Å². The van der Waals surface area contributed by atoms with Gasteiger partial charge in [-0.15, -0.1) is 0 Å². The van der Waals surface area contributed by atoms with E-state index in [1.54, 1.807) is 6.07 Å². The lowest BCUT2D eigenvalue weighted by molar-refractivity contribution is -0.385. The van der Waals surface area contributed by atoms with Crippen LogP contribution < -0.4 is 5.32 Å². The van der Waals surface area contributed by atoms with Crippen molar-refractivity contribution in [1.82, 2.24) is 0 Å². The molecule has 3 rings (SSSR count). The van der Waals surface area contributed by atoms with Crippen LogP contribution in [0.5, 0.6) is 0 Å². The van der Waals surface area contributed by atoms with E-state index in [1.165, 1.54) is 19.1 Å². The molecule has 0 saturated carbocycles. The lowest BCUT2D eigenvalue weighted by atomic mass is 10.1. The molecule has 1 amide bonds. The predicted molar refractivity (Wildman–Crippen MR) is 123 cm³/mol. The molecule has 0 unspecified atom stereocenters. The molecule has 0 aromatic heterocycles. The zero-order valence-electron chi connectivity index (χ0n) is 16.8. The van der Waals surface area contributed by atoms with Crippen molar-refractivity contribution in [2.24, 2.45) is 0 Å². The normalized spacial score (nSPS) is 10.8. The molecule has 0 fully saturated rings. The summed E-state index contributed by atoms with van der Waals surface area (Å²) in [6.07, 6.45) is 7.68. The highest BCUT2D eigenvalue weighted by atomic mass is 16.6. The standard InChI is InChI=1S/C25H19N3O3/c1-18(29)27-24-13-10-21(11-14-24)7-6-19-2-4-20(5-3-19)8-9-22-12-15-25(28(30)31)23(16-22)17-26/h2-16H,1H3,(H,27,29)/b7-6+,9-8+. The highest BCUT2D eigenvalue weighted by Crippen LogP contribution is 2.21. The summed E-state index contributed by atoms with van der Waals surface area (Å²) in [6.45, 7) is 1.47. The molecule has 0 radical (unpaired) electrons. The van der Waals surface area contributed by atoms with Crippen molar-refractivity contribution in [1.29, 1.82) is 5.26 Å². The number of benzene rings is 3. The van der Waals surface area contributed by atoms with Crippen LogP contribution in [-0.2, 0) is 4.79 Å². The third kappa shape index (κ3) is 5.99. The van der Waals surface area contributed by atoms with Gasteiger partial charge in [-0.2, -0.15) is 5.26 Å². The van der Waals surface area contributed by atoms with E-state index >= 15 is 0 Å². The quantitative estimate of drug-likeness (QED) is 0.318. The average Bonchev–Trinajstić information content (AvgIpc) is 2.77. The van der Waals surface area contributed by atoms with Crippen molar-refractivity contribution < 1.29 is 9.72 Å². The number of carbonyl (C=O) groups excluding carboxylic acids is 1. The Labute approximate surface area is 179 Å². The van der Waals surface area contributed by atoms with Crippen molar-refractivity contribution in [3.63, 3.8) is 0 Å². The molecule has 31 heavy (non-hydrogen) atoms. The minimum atomic E-state index is -0.560. The van der Waals surface area contributed by atoms with Gasteiger partial charge in [-0.1, -0.05) is 60.7 Å². The molecule has 0 aliphatic rings. The summed E-state index contributed by atoms with van der Waals surface area (Å²) in [5.74, 6) is -0.100. The van der Waals surface area contributed by atoms with Crippen molar-refractivity contribution in [2.75, 3.05) is 5.32 Å². The second-order valence-corrected chi connectivity index (χ2v) is 6.78. The number of nitro groups is 1. The Bertz CT molecular complexity index is 1200. The first-order valence-electron chi connectivity index (χ1n) is 9.47. The first-order valence-corrected chi connectivity index (χ1v) is 9.47. The summed E-state index contributed by atoms with van der Waals surface area (Å²) < 4.78 is 0. The SMILES string of the molecule is CC(=O)Nc1ccc(/C=C/c2ccc(/C=C/c3ccc([N+](=O)[O-])c(C#N)c3)cc2)cc1. The summed E-state index contributed by atoms with van der Waals surface area (Å²) in [5.41, 5.74) is 4.34. The molecule has 0 saturated heterocycles. The van der Waals surface area contributed by atoms with Gasteiger partial charge in [0.05, 0.1) is 4.92 Å². The second kappa shape index (κ2) is 9.81. The molecule has 0 aliphatic heterocycles. The van der Waals surface area contributed by atoms with Crippen LogP contribution in [0.3, 0.4) is 0 Å². The number of carbonyl (C=O) groups is 1. The van der Waals surface area contributed by atoms with Crippen LogP contribution in [-0.4, -0.2) is 10.8 Å². The molecular formula is C25H19N3O3. The van der Waals surface area contributed by atoms with E-state index in [-0.39, 0.29) is 17.2 Å². The summed E-state index contributed by atoms with van der Waals surface area (Å²) in [4.78, 5) is 21.4. The minimum absolute atomic E-state index is 0.0396. The minimum Gasteiger partial charge on any atom is -0.326 e. The second-order valence-electron chi connectivity index (χ2n) is 6.78. The Morgan fingerprint density at radius 1 is 0.871 bits per heavy atom. The molecule has 0 spiro atoms. The fraction of sp³-hybridized carbons (Fsp3) is 0.0400. The van der Waals surface area contributed by atoms with Gasteiger partial charge in [-0.05, 0) is 46.5 Å². The van der Waals surface area contributed by atoms with Gasteiger partial charge in [-0.25, -0.2) is 0 Å². The third-order valence-corrected chi connectivity index (χ3v) is 4.44. The first-order chi connectivity index (χ1) is 14.9. The monoisotopic (exact) mass is 409 g/mol. The van der Waals surface area contributed by atoms with Gasteiger partial charge >= 0.3 is 0 Å². The number of nitrogens with one attached hydrogen (secondary N) is 1. The molecule has 6 nitrogen and oxygen atoms in total. The molecule has 0 bridgehead atoms. The Morgan fingerprint density at radius 2 is 1.32 bits per heavy atom. The Hall–Kier alpha value is -4.50. The van der Waals surface area contributed by atoms with E-state index < -0.39 is 4.92 Å². The molecule has 0 aliphatic carbocycles. The van der Waals surface area contributed by atoms with Crippen LogP contribution in [0.25, 0.3) is 24.3 Å². The van der Waals surface area contributed by atoms with Gasteiger partial charge in [-0.3, -0.25) is 14.9 Å². The fourth-order valence-electron chi connectivity index (χ4n) is 2.89. The lowest BCUT2D eigenvalue weighted by Gasteiger charge is -2.02. The number of nitriles is 1.